The standard InChI is InChI=1S/C32H31N3O4/c1-3-38-30(37)22-35-23(2)33-32-27(35)15-10-16-28(32)39-20-19-34-21-26(17-18-29(34)36)31(24-11-6-4-7-12-24)25-13-8-5-9-14-25/h4-18,21,31H,3,19-20,22H2,1-2H3. The van der Waals surface area contributed by atoms with Gasteiger partial charge in [0.05, 0.1) is 18.7 Å². The normalized spacial score (nSPS) is 11.2. The maximum atomic E-state index is 12.8. The van der Waals surface area contributed by atoms with Crippen LogP contribution in [0.5, 0.6) is 5.75 Å². The second-order valence-electron chi connectivity index (χ2n) is 9.27. The van der Waals surface area contributed by atoms with Crippen molar-refractivity contribution in [2.75, 3.05) is 13.2 Å². The zero-order valence-electron chi connectivity index (χ0n) is 22.1. The number of rotatable bonds is 10. The van der Waals surface area contributed by atoms with Gasteiger partial charge in [0.1, 0.15) is 30.2 Å². The highest BCUT2D eigenvalue weighted by Crippen LogP contribution is 2.31. The van der Waals surface area contributed by atoms with Crippen LogP contribution in [0.4, 0.5) is 0 Å². The van der Waals surface area contributed by atoms with E-state index in [4.69, 9.17) is 9.47 Å². The summed E-state index contributed by atoms with van der Waals surface area (Å²) in [7, 11) is 0. The monoisotopic (exact) mass is 521 g/mol. The summed E-state index contributed by atoms with van der Waals surface area (Å²) in [5.74, 6) is 0.995. The molecule has 0 fully saturated rings. The highest BCUT2D eigenvalue weighted by Gasteiger charge is 2.18. The Kier molecular flexibility index (Phi) is 7.87. The van der Waals surface area contributed by atoms with E-state index in [1.165, 1.54) is 0 Å². The maximum absolute atomic E-state index is 12.8. The number of fused-ring (bicyclic) bond motifs is 1. The van der Waals surface area contributed by atoms with E-state index in [9.17, 15) is 9.59 Å². The number of aryl methyl sites for hydroxylation is 1. The van der Waals surface area contributed by atoms with Crippen molar-refractivity contribution in [2.24, 2.45) is 0 Å². The molecule has 2 heterocycles. The molecule has 0 bridgehead atoms. The molecule has 3 aromatic carbocycles. The molecule has 0 saturated heterocycles. The van der Waals surface area contributed by atoms with Crippen molar-refractivity contribution in [1.82, 2.24) is 14.1 Å². The molecule has 7 heteroatoms. The first-order valence-corrected chi connectivity index (χ1v) is 13.1. The Morgan fingerprint density at radius 1 is 0.872 bits per heavy atom. The lowest BCUT2D eigenvalue weighted by Gasteiger charge is -2.20. The molecule has 0 aliphatic rings. The average Bonchev–Trinajstić information content (AvgIpc) is 3.27. The third-order valence-electron chi connectivity index (χ3n) is 6.72. The second kappa shape index (κ2) is 11.8. The van der Waals surface area contributed by atoms with Gasteiger partial charge in [0, 0.05) is 18.2 Å². The van der Waals surface area contributed by atoms with Crippen LogP contribution in [-0.4, -0.2) is 33.3 Å². The van der Waals surface area contributed by atoms with Gasteiger partial charge in [-0.3, -0.25) is 9.59 Å². The van der Waals surface area contributed by atoms with Gasteiger partial charge < -0.3 is 18.6 Å². The molecule has 0 aliphatic carbocycles. The van der Waals surface area contributed by atoms with Crippen LogP contribution in [0.15, 0.2) is 102 Å². The summed E-state index contributed by atoms with van der Waals surface area (Å²) in [6, 6.07) is 29.7. The number of ether oxygens (including phenoxy) is 2. The minimum atomic E-state index is -0.310. The number of imidazole rings is 1. The van der Waals surface area contributed by atoms with Gasteiger partial charge in [-0.25, -0.2) is 4.98 Å². The summed E-state index contributed by atoms with van der Waals surface area (Å²) >= 11 is 0. The van der Waals surface area contributed by atoms with Crippen LogP contribution >= 0.6 is 0 Å². The summed E-state index contributed by atoms with van der Waals surface area (Å²) in [5, 5.41) is 0. The summed E-state index contributed by atoms with van der Waals surface area (Å²) in [6.45, 7) is 4.72. The zero-order valence-corrected chi connectivity index (χ0v) is 22.1. The first-order chi connectivity index (χ1) is 19.0. The Hall–Kier alpha value is -4.65. The first kappa shape index (κ1) is 26.0. The minimum absolute atomic E-state index is 0.000236. The molecule has 0 unspecified atom stereocenters. The van der Waals surface area contributed by atoms with E-state index in [2.05, 4.69) is 29.2 Å². The number of carbonyl (C=O) groups is 1. The van der Waals surface area contributed by atoms with Crippen molar-refractivity contribution in [2.45, 2.75) is 32.9 Å². The van der Waals surface area contributed by atoms with Gasteiger partial charge in [-0.2, -0.15) is 0 Å². The minimum Gasteiger partial charge on any atom is -0.489 e. The highest BCUT2D eigenvalue weighted by atomic mass is 16.5. The number of hydrogen-bond donors (Lipinski definition) is 0. The molecule has 0 N–H and O–H groups in total. The number of aromatic nitrogens is 3. The molecule has 0 aliphatic heterocycles. The van der Waals surface area contributed by atoms with Crippen molar-refractivity contribution in [3.05, 3.63) is 130 Å². The Morgan fingerprint density at radius 2 is 1.56 bits per heavy atom. The van der Waals surface area contributed by atoms with Gasteiger partial charge in [-0.1, -0.05) is 72.8 Å². The molecule has 39 heavy (non-hydrogen) atoms. The summed E-state index contributed by atoms with van der Waals surface area (Å²) in [5.41, 5.74) is 4.73. The Labute approximate surface area is 227 Å². The SMILES string of the molecule is CCOC(=O)Cn1c(C)nc2c(OCCn3cc(C(c4ccccc4)c4ccccc4)ccc3=O)cccc21. The van der Waals surface area contributed by atoms with Crippen LogP contribution in [-0.2, 0) is 22.6 Å². The molecule has 0 saturated carbocycles. The molecule has 2 aromatic heterocycles. The molecular formula is C32H31N3O4. The predicted octanol–water partition coefficient (Wildman–Crippen LogP) is 5.33. The molecule has 0 atom stereocenters. The molecule has 198 valence electrons. The van der Waals surface area contributed by atoms with E-state index in [1.54, 1.807) is 17.6 Å². The number of nitrogens with zero attached hydrogens (tertiary/aromatic N) is 3. The fourth-order valence-electron chi connectivity index (χ4n) is 4.91. The number of carbonyl (C=O) groups excluding carboxylic acids is 1. The molecule has 0 spiro atoms. The maximum Gasteiger partial charge on any atom is 0.326 e. The van der Waals surface area contributed by atoms with Crippen molar-refractivity contribution in [1.29, 1.82) is 0 Å². The van der Waals surface area contributed by atoms with E-state index < -0.39 is 0 Å². The second-order valence-corrected chi connectivity index (χ2v) is 9.27. The van der Waals surface area contributed by atoms with E-state index in [0.29, 0.717) is 30.2 Å². The van der Waals surface area contributed by atoms with E-state index in [0.717, 1.165) is 22.2 Å². The van der Waals surface area contributed by atoms with Gasteiger partial charge in [0.25, 0.3) is 5.56 Å². The Balaban J connectivity index is 1.37. The van der Waals surface area contributed by atoms with Crippen LogP contribution in [0, 0.1) is 6.92 Å². The quantitative estimate of drug-likeness (QED) is 0.232. The van der Waals surface area contributed by atoms with Crippen molar-refractivity contribution >= 4 is 17.0 Å². The van der Waals surface area contributed by atoms with Gasteiger partial charge in [-0.05, 0) is 42.7 Å². The highest BCUT2D eigenvalue weighted by molar-refractivity contribution is 5.84. The van der Waals surface area contributed by atoms with Gasteiger partial charge in [0.15, 0.2) is 0 Å². The fraction of sp³-hybridized carbons (Fsp3) is 0.219. The van der Waals surface area contributed by atoms with Crippen LogP contribution in [0.2, 0.25) is 0 Å². The number of pyridine rings is 1. The van der Waals surface area contributed by atoms with Crippen molar-refractivity contribution in [3.8, 4) is 5.75 Å². The molecule has 5 rings (SSSR count). The topological polar surface area (TPSA) is 75.4 Å². The Bertz CT molecular complexity index is 1580. The lowest BCUT2D eigenvalue weighted by atomic mass is 9.86. The van der Waals surface area contributed by atoms with Gasteiger partial charge >= 0.3 is 5.97 Å². The zero-order chi connectivity index (χ0) is 27.2. The summed E-state index contributed by atoms with van der Waals surface area (Å²) < 4.78 is 14.7. The van der Waals surface area contributed by atoms with Crippen LogP contribution in [0.25, 0.3) is 11.0 Å². The van der Waals surface area contributed by atoms with Crippen molar-refractivity contribution < 1.29 is 14.3 Å². The molecule has 7 nitrogen and oxygen atoms in total. The van der Waals surface area contributed by atoms with Crippen LogP contribution in [0.3, 0.4) is 0 Å². The van der Waals surface area contributed by atoms with E-state index in [-0.39, 0.29) is 30.6 Å². The lowest BCUT2D eigenvalue weighted by Crippen LogP contribution is -2.23. The number of hydrogen-bond acceptors (Lipinski definition) is 5. The third kappa shape index (κ3) is 5.77. The third-order valence-corrected chi connectivity index (χ3v) is 6.72. The molecule has 0 radical (unpaired) electrons. The predicted molar refractivity (Wildman–Crippen MR) is 151 cm³/mol. The number of esters is 1. The molecular weight excluding hydrogens is 490 g/mol. The largest absolute Gasteiger partial charge is 0.489 e. The summed E-state index contributed by atoms with van der Waals surface area (Å²) in [4.78, 5) is 29.5. The van der Waals surface area contributed by atoms with E-state index >= 15 is 0 Å². The average molecular weight is 522 g/mol. The lowest BCUT2D eigenvalue weighted by molar-refractivity contribution is -0.143. The number of benzene rings is 3. The molecule has 0 amide bonds. The van der Waals surface area contributed by atoms with Gasteiger partial charge in [-0.15, -0.1) is 0 Å². The first-order valence-electron chi connectivity index (χ1n) is 13.1. The van der Waals surface area contributed by atoms with Gasteiger partial charge in [0.2, 0.25) is 0 Å². The number of para-hydroxylation sites is 1. The van der Waals surface area contributed by atoms with E-state index in [1.807, 2.05) is 78.4 Å². The van der Waals surface area contributed by atoms with Crippen LogP contribution in [0.1, 0.15) is 35.4 Å². The van der Waals surface area contributed by atoms with Crippen molar-refractivity contribution in [3.63, 3.8) is 0 Å². The van der Waals surface area contributed by atoms with Crippen LogP contribution < -0.4 is 10.3 Å². The summed E-state index contributed by atoms with van der Waals surface area (Å²) in [6.07, 6.45) is 1.93. The smallest absolute Gasteiger partial charge is 0.326 e. The molecule has 5 aromatic rings. The Morgan fingerprint density at radius 3 is 2.23 bits per heavy atom. The fourth-order valence-corrected chi connectivity index (χ4v) is 4.91.